The van der Waals surface area contributed by atoms with Gasteiger partial charge in [0.1, 0.15) is 0 Å². The molecule has 0 atom stereocenters. The number of hydrogen-bond donors (Lipinski definition) is 0. The fourth-order valence-corrected chi connectivity index (χ4v) is 4.71. The van der Waals surface area contributed by atoms with Crippen LogP contribution in [-0.2, 0) is 14.8 Å². The van der Waals surface area contributed by atoms with Gasteiger partial charge in [-0.3, -0.25) is 4.79 Å². The van der Waals surface area contributed by atoms with E-state index in [4.69, 9.17) is 0 Å². The molecular weight excluding hydrogens is 288 g/mol. The van der Waals surface area contributed by atoms with E-state index >= 15 is 0 Å². The zero-order chi connectivity index (χ0) is 16.5. The van der Waals surface area contributed by atoms with E-state index in [1.807, 2.05) is 25.7 Å². The van der Waals surface area contributed by atoms with Crippen LogP contribution in [0, 0.1) is 0 Å². The summed E-state index contributed by atoms with van der Waals surface area (Å²) in [5.41, 5.74) is -0.205. The Hall–Kier alpha value is -0.620. The highest BCUT2D eigenvalue weighted by Gasteiger charge is 2.36. The molecule has 1 amide bonds. The van der Waals surface area contributed by atoms with Gasteiger partial charge in [-0.05, 0) is 54.4 Å². The van der Waals surface area contributed by atoms with Gasteiger partial charge < -0.3 is 4.90 Å². The molecule has 0 unspecified atom stereocenters. The van der Waals surface area contributed by atoms with Gasteiger partial charge in [0.05, 0.1) is 5.75 Å². The van der Waals surface area contributed by atoms with Gasteiger partial charge in [-0.25, -0.2) is 8.42 Å². The summed E-state index contributed by atoms with van der Waals surface area (Å²) in [6, 6.07) is 0. The molecule has 0 radical (unpaired) electrons. The largest absolute Gasteiger partial charge is 0.338 e. The summed E-state index contributed by atoms with van der Waals surface area (Å²) >= 11 is 0. The van der Waals surface area contributed by atoms with Crippen molar-refractivity contribution in [2.24, 2.45) is 0 Å². The number of rotatable bonds is 0. The summed E-state index contributed by atoms with van der Waals surface area (Å²) in [4.78, 5) is 13.1. The topological polar surface area (TPSA) is 57.7 Å². The second kappa shape index (κ2) is 6.24. The zero-order valence-corrected chi connectivity index (χ0v) is 15.1. The van der Waals surface area contributed by atoms with Crippen molar-refractivity contribution in [3.05, 3.63) is 0 Å². The number of likely N-dealkylation sites (tertiary alicyclic amines) is 1. The second-order valence-electron chi connectivity index (χ2n) is 7.73. The van der Waals surface area contributed by atoms with Crippen LogP contribution < -0.4 is 0 Å². The van der Waals surface area contributed by atoms with E-state index < -0.39 is 10.0 Å². The van der Waals surface area contributed by atoms with Gasteiger partial charge in [0.2, 0.25) is 15.9 Å². The van der Waals surface area contributed by atoms with Gasteiger partial charge in [0.15, 0.2) is 0 Å². The Labute approximate surface area is 129 Å². The van der Waals surface area contributed by atoms with Crippen LogP contribution in [0.2, 0.25) is 0 Å². The minimum absolute atomic E-state index is 0.0353. The highest BCUT2D eigenvalue weighted by atomic mass is 32.2. The molecule has 5 nitrogen and oxygen atoms in total. The highest BCUT2D eigenvalue weighted by Crippen LogP contribution is 2.24. The van der Waals surface area contributed by atoms with Crippen molar-refractivity contribution < 1.29 is 13.2 Å². The molecule has 0 bridgehead atoms. The Balaban J connectivity index is 0.000000211. The lowest BCUT2D eigenvalue weighted by Gasteiger charge is -2.31. The molecule has 21 heavy (non-hydrogen) atoms. The van der Waals surface area contributed by atoms with Gasteiger partial charge in [-0.2, -0.15) is 4.31 Å². The number of carbonyl (C=O) groups is 1. The fraction of sp³-hybridized carbons (Fsp3) is 0.933. The standard InChI is InChI=1S/C8H15NO.C7H15NO2S/c1-8(2,3)9-6-4-5-7(9)10;1-7(2,3)8-5-4-6-11(8,9)10/h4-6H2,1-3H3;4-6H2,1-3H3. The third-order valence-corrected chi connectivity index (χ3v) is 5.94. The molecule has 0 spiro atoms. The van der Waals surface area contributed by atoms with E-state index in [1.54, 1.807) is 4.31 Å². The van der Waals surface area contributed by atoms with E-state index in [9.17, 15) is 13.2 Å². The quantitative estimate of drug-likeness (QED) is 0.688. The summed E-state index contributed by atoms with van der Waals surface area (Å²) in [6.45, 7) is 13.7. The molecule has 2 aliphatic rings. The van der Waals surface area contributed by atoms with Crippen LogP contribution in [0.25, 0.3) is 0 Å². The first-order valence-electron chi connectivity index (χ1n) is 7.67. The van der Waals surface area contributed by atoms with E-state index in [2.05, 4.69) is 20.8 Å². The molecule has 0 aliphatic carbocycles. The Kier molecular flexibility index (Phi) is 5.48. The summed E-state index contributed by atoms with van der Waals surface area (Å²) in [7, 11) is -2.91. The summed E-state index contributed by atoms with van der Waals surface area (Å²) in [5, 5.41) is 0. The van der Waals surface area contributed by atoms with Crippen LogP contribution in [0.5, 0.6) is 0 Å². The van der Waals surface area contributed by atoms with E-state index in [1.165, 1.54) is 0 Å². The second-order valence-corrected chi connectivity index (χ2v) is 9.75. The fourth-order valence-electron chi connectivity index (χ4n) is 2.75. The zero-order valence-electron chi connectivity index (χ0n) is 14.3. The van der Waals surface area contributed by atoms with Crippen LogP contribution in [0.4, 0.5) is 0 Å². The molecule has 0 aromatic heterocycles. The van der Waals surface area contributed by atoms with Crippen LogP contribution >= 0.6 is 0 Å². The monoisotopic (exact) mass is 318 g/mol. The maximum absolute atomic E-state index is 11.3. The van der Waals surface area contributed by atoms with Crippen molar-refractivity contribution >= 4 is 15.9 Å². The minimum atomic E-state index is -2.91. The Bertz CT molecular complexity index is 472. The molecule has 2 saturated heterocycles. The van der Waals surface area contributed by atoms with Gasteiger partial charge in [-0.1, -0.05) is 0 Å². The number of sulfonamides is 1. The number of carbonyl (C=O) groups excluding carboxylic acids is 1. The first-order valence-corrected chi connectivity index (χ1v) is 9.27. The first kappa shape index (κ1) is 18.4. The maximum Gasteiger partial charge on any atom is 0.223 e. The summed E-state index contributed by atoms with van der Waals surface area (Å²) in [5.74, 6) is 0.636. The van der Waals surface area contributed by atoms with Gasteiger partial charge in [0, 0.05) is 30.6 Å². The first-order chi connectivity index (χ1) is 9.36. The molecule has 124 valence electrons. The lowest BCUT2D eigenvalue weighted by Crippen LogP contribution is -2.42. The lowest BCUT2D eigenvalue weighted by atomic mass is 10.1. The SMILES string of the molecule is CC(C)(C)N1CCCC1=O.CC(C)(C)N1CCCS1(=O)=O. The van der Waals surface area contributed by atoms with E-state index in [-0.39, 0.29) is 11.1 Å². The van der Waals surface area contributed by atoms with Crippen molar-refractivity contribution in [1.29, 1.82) is 0 Å². The maximum atomic E-state index is 11.3. The predicted molar refractivity (Wildman–Crippen MR) is 85.6 cm³/mol. The molecule has 0 N–H and O–H groups in total. The summed E-state index contributed by atoms with van der Waals surface area (Å²) in [6.07, 6.45) is 2.56. The smallest absolute Gasteiger partial charge is 0.223 e. The molecule has 0 aromatic carbocycles. The Morgan fingerprint density at radius 3 is 1.67 bits per heavy atom. The average Bonchev–Trinajstić information content (AvgIpc) is 2.82. The van der Waals surface area contributed by atoms with Crippen LogP contribution in [-0.4, -0.2) is 53.5 Å². The average molecular weight is 318 g/mol. The molecule has 2 aliphatic heterocycles. The third kappa shape index (κ3) is 4.95. The highest BCUT2D eigenvalue weighted by molar-refractivity contribution is 7.89. The number of amides is 1. The molecule has 2 fully saturated rings. The number of nitrogens with zero attached hydrogens (tertiary/aromatic N) is 2. The van der Waals surface area contributed by atoms with Gasteiger partial charge in [0.25, 0.3) is 0 Å². The molecule has 6 heteroatoms. The molecule has 0 saturated carbocycles. The normalized spacial score (nSPS) is 23.1. The van der Waals surface area contributed by atoms with Crippen molar-refractivity contribution in [2.75, 3.05) is 18.8 Å². The van der Waals surface area contributed by atoms with E-state index in [0.29, 0.717) is 18.2 Å². The molecule has 2 rings (SSSR count). The van der Waals surface area contributed by atoms with Crippen molar-refractivity contribution in [3.8, 4) is 0 Å². The van der Waals surface area contributed by atoms with Crippen LogP contribution in [0.15, 0.2) is 0 Å². The van der Waals surface area contributed by atoms with Crippen molar-refractivity contribution in [1.82, 2.24) is 9.21 Å². The molecule has 2 heterocycles. The lowest BCUT2D eigenvalue weighted by molar-refractivity contribution is -0.131. The van der Waals surface area contributed by atoms with Crippen LogP contribution in [0.1, 0.15) is 60.8 Å². The summed E-state index contributed by atoms with van der Waals surface area (Å²) < 4.78 is 24.3. The minimum Gasteiger partial charge on any atom is -0.338 e. The third-order valence-electron chi connectivity index (χ3n) is 3.73. The van der Waals surface area contributed by atoms with Gasteiger partial charge in [-0.15, -0.1) is 0 Å². The predicted octanol–water partition coefficient (Wildman–Crippen LogP) is 2.23. The van der Waals surface area contributed by atoms with Gasteiger partial charge >= 0.3 is 0 Å². The molecule has 0 aromatic rings. The van der Waals surface area contributed by atoms with Crippen molar-refractivity contribution in [3.63, 3.8) is 0 Å². The Morgan fingerprint density at radius 2 is 1.48 bits per heavy atom. The van der Waals surface area contributed by atoms with Crippen LogP contribution in [0.3, 0.4) is 0 Å². The number of hydrogen-bond acceptors (Lipinski definition) is 3. The molecular formula is C15H30N2O3S. The Morgan fingerprint density at radius 1 is 0.905 bits per heavy atom. The van der Waals surface area contributed by atoms with E-state index in [0.717, 1.165) is 25.8 Å². The van der Waals surface area contributed by atoms with Crippen molar-refractivity contribution in [2.45, 2.75) is 71.9 Å².